The fourth-order valence-electron chi connectivity index (χ4n) is 2.30. The zero-order valence-electron chi connectivity index (χ0n) is 10.9. The van der Waals surface area contributed by atoms with Crippen molar-refractivity contribution in [1.29, 1.82) is 0 Å². The highest BCUT2D eigenvalue weighted by molar-refractivity contribution is 6.09. The molecule has 2 nitrogen and oxygen atoms in total. The predicted octanol–water partition coefficient (Wildman–Crippen LogP) is 3.44. The maximum atomic E-state index is 13.9. The summed E-state index contributed by atoms with van der Waals surface area (Å²) < 4.78 is 32.7. The van der Waals surface area contributed by atoms with E-state index in [1.54, 1.807) is 18.2 Å². The number of rotatable bonds is 2. The number of ether oxygens (including phenoxy) is 1. The molecule has 0 spiro atoms. The van der Waals surface area contributed by atoms with Crippen molar-refractivity contribution in [3.63, 3.8) is 0 Å². The molecule has 1 aliphatic rings. The molecule has 0 amide bonds. The highest BCUT2D eigenvalue weighted by Crippen LogP contribution is 2.27. The van der Waals surface area contributed by atoms with Gasteiger partial charge in [0.05, 0.1) is 12.2 Å². The lowest BCUT2D eigenvalue weighted by Crippen LogP contribution is -2.07. The highest BCUT2D eigenvalue weighted by atomic mass is 19.2. The van der Waals surface area contributed by atoms with Crippen molar-refractivity contribution in [2.24, 2.45) is 0 Å². The van der Waals surface area contributed by atoms with E-state index in [0.29, 0.717) is 12.2 Å². The van der Waals surface area contributed by atoms with Gasteiger partial charge in [0.1, 0.15) is 5.75 Å². The summed E-state index contributed by atoms with van der Waals surface area (Å²) >= 11 is 0. The summed E-state index contributed by atoms with van der Waals surface area (Å²) in [6.07, 6.45) is 0.723. The van der Waals surface area contributed by atoms with Crippen molar-refractivity contribution in [2.45, 2.75) is 13.3 Å². The Kier molecular flexibility index (Phi) is 3.01. The largest absolute Gasteiger partial charge is 0.493 e. The predicted molar refractivity (Wildman–Crippen MR) is 70.2 cm³/mol. The standard InChI is InChI=1S/C16H12F2O2/c1-9-2-4-12(15(18)14(9)17)16(19)11-3-5-13-10(8-11)6-7-20-13/h2-5,8H,6-7H2,1H3. The molecule has 1 aliphatic heterocycles. The number of ketones is 1. The number of halogens is 2. The lowest BCUT2D eigenvalue weighted by Gasteiger charge is -2.06. The van der Waals surface area contributed by atoms with E-state index in [9.17, 15) is 13.6 Å². The molecule has 0 saturated carbocycles. The van der Waals surface area contributed by atoms with Gasteiger partial charge in [0, 0.05) is 12.0 Å². The van der Waals surface area contributed by atoms with Crippen LogP contribution in [0.1, 0.15) is 27.0 Å². The molecule has 102 valence electrons. The highest BCUT2D eigenvalue weighted by Gasteiger charge is 2.20. The molecule has 0 atom stereocenters. The van der Waals surface area contributed by atoms with E-state index in [1.807, 2.05) is 0 Å². The van der Waals surface area contributed by atoms with Gasteiger partial charge < -0.3 is 4.74 Å². The SMILES string of the molecule is Cc1ccc(C(=O)c2ccc3c(c2)CCO3)c(F)c1F. The summed E-state index contributed by atoms with van der Waals surface area (Å²) in [7, 11) is 0. The van der Waals surface area contributed by atoms with Gasteiger partial charge in [-0.1, -0.05) is 6.07 Å². The Balaban J connectivity index is 2.03. The molecular weight excluding hydrogens is 262 g/mol. The lowest BCUT2D eigenvalue weighted by atomic mass is 9.99. The zero-order chi connectivity index (χ0) is 14.3. The molecule has 20 heavy (non-hydrogen) atoms. The Labute approximate surface area is 115 Å². The van der Waals surface area contributed by atoms with Gasteiger partial charge in [-0.3, -0.25) is 4.79 Å². The molecule has 0 saturated heterocycles. The van der Waals surface area contributed by atoms with Crippen LogP contribution in [0.25, 0.3) is 0 Å². The van der Waals surface area contributed by atoms with Crippen molar-refractivity contribution < 1.29 is 18.3 Å². The van der Waals surface area contributed by atoms with E-state index in [0.717, 1.165) is 17.7 Å². The second-order valence-corrected chi connectivity index (χ2v) is 4.81. The third kappa shape index (κ3) is 1.97. The van der Waals surface area contributed by atoms with Crippen LogP contribution in [-0.2, 0) is 6.42 Å². The fraction of sp³-hybridized carbons (Fsp3) is 0.188. The van der Waals surface area contributed by atoms with Crippen LogP contribution >= 0.6 is 0 Å². The van der Waals surface area contributed by atoms with Crippen molar-refractivity contribution in [2.75, 3.05) is 6.61 Å². The first-order chi connectivity index (χ1) is 9.58. The van der Waals surface area contributed by atoms with Crippen LogP contribution in [0.2, 0.25) is 0 Å². The number of aryl methyl sites for hydroxylation is 1. The number of carbonyl (C=O) groups is 1. The maximum absolute atomic E-state index is 13.9. The third-order valence-electron chi connectivity index (χ3n) is 3.47. The van der Waals surface area contributed by atoms with Crippen LogP contribution < -0.4 is 4.74 Å². The summed E-state index contributed by atoms with van der Waals surface area (Å²) in [6.45, 7) is 2.04. The van der Waals surface area contributed by atoms with E-state index in [1.165, 1.54) is 19.1 Å². The number of hydrogen-bond acceptors (Lipinski definition) is 2. The van der Waals surface area contributed by atoms with Gasteiger partial charge in [-0.2, -0.15) is 0 Å². The van der Waals surface area contributed by atoms with Crippen LogP contribution in [0.15, 0.2) is 30.3 Å². The Morgan fingerprint density at radius 1 is 1.15 bits per heavy atom. The molecule has 0 unspecified atom stereocenters. The summed E-state index contributed by atoms with van der Waals surface area (Å²) in [4.78, 5) is 12.3. The topological polar surface area (TPSA) is 26.3 Å². The molecule has 0 N–H and O–H groups in total. The van der Waals surface area contributed by atoms with Crippen LogP contribution in [0.3, 0.4) is 0 Å². The number of hydrogen-bond donors (Lipinski definition) is 0. The average Bonchev–Trinajstić information content (AvgIpc) is 2.91. The van der Waals surface area contributed by atoms with E-state index in [4.69, 9.17) is 4.74 Å². The van der Waals surface area contributed by atoms with Gasteiger partial charge in [0.15, 0.2) is 17.4 Å². The van der Waals surface area contributed by atoms with Gasteiger partial charge >= 0.3 is 0 Å². The van der Waals surface area contributed by atoms with Crippen molar-refractivity contribution in [1.82, 2.24) is 0 Å². The zero-order valence-corrected chi connectivity index (χ0v) is 10.9. The Hall–Kier alpha value is -2.23. The number of benzene rings is 2. The van der Waals surface area contributed by atoms with E-state index >= 15 is 0 Å². The molecule has 0 fully saturated rings. The minimum atomic E-state index is -1.09. The van der Waals surface area contributed by atoms with Crippen LogP contribution in [-0.4, -0.2) is 12.4 Å². The Morgan fingerprint density at radius 3 is 2.75 bits per heavy atom. The summed E-state index contributed by atoms with van der Waals surface area (Å²) in [5.41, 5.74) is 1.20. The van der Waals surface area contributed by atoms with Gasteiger partial charge in [0.2, 0.25) is 0 Å². The van der Waals surface area contributed by atoms with Gasteiger partial charge in [-0.15, -0.1) is 0 Å². The monoisotopic (exact) mass is 274 g/mol. The summed E-state index contributed by atoms with van der Waals surface area (Å²) in [5.74, 6) is -1.83. The lowest BCUT2D eigenvalue weighted by molar-refractivity contribution is 0.103. The molecule has 2 aromatic carbocycles. The second-order valence-electron chi connectivity index (χ2n) is 4.81. The van der Waals surface area contributed by atoms with Crippen molar-refractivity contribution in [3.8, 4) is 5.75 Å². The second kappa shape index (κ2) is 4.71. The normalized spacial score (nSPS) is 12.9. The first kappa shape index (κ1) is 12.8. The van der Waals surface area contributed by atoms with Gasteiger partial charge in [-0.05, 0) is 42.3 Å². The smallest absolute Gasteiger partial charge is 0.196 e. The molecule has 2 aromatic rings. The third-order valence-corrected chi connectivity index (χ3v) is 3.47. The Morgan fingerprint density at radius 2 is 1.95 bits per heavy atom. The fourth-order valence-corrected chi connectivity index (χ4v) is 2.30. The number of fused-ring (bicyclic) bond motifs is 1. The molecule has 0 aliphatic carbocycles. The first-order valence-corrected chi connectivity index (χ1v) is 6.33. The molecule has 1 heterocycles. The molecule has 4 heteroatoms. The molecule has 3 rings (SSSR count). The molecule has 0 radical (unpaired) electrons. The minimum absolute atomic E-state index is 0.182. The van der Waals surface area contributed by atoms with Crippen LogP contribution in [0, 0.1) is 18.6 Å². The van der Waals surface area contributed by atoms with E-state index in [-0.39, 0.29) is 11.1 Å². The number of carbonyl (C=O) groups excluding carboxylic acids is 1. The van der Waals surface area contributed by atoms with Gasteiger partial charge in [0.25, 0.3) is 0 Å². The van der Waals surface area contributed by atoms with E-state index < -0.39 is 17.4 Å². The van der Waals surface area contributed by atoms with Crippen molar-refractivity contribution in [3.05, 3.63) is 64.2 Å². The van der Waals surface area contributed by atoms with Crippen LogP contribution in [0.4, 0.5) is 8.78 Å². The van der Waals surface area contributed by atoms with Crippen molar-refractivity contribution >= 4 is 5.78 Å². The quantitative estimate of drug-likeness (QED) is 0.784. The van der Waals surface area contributed by atoms with E-state index in [2.05, 4.69) is 0 Å². The van der Waals surface area contributed by atoms with Crippen LogP contribution in [0.5, 0.6) is 5.75 Å². The van der Waals surface area contributed by atoms with Gasteiger partial charge in [-0.25, -0.2) is 8.78 Å². The summed E-state index contributed by atoms with van der Waals surface area (Å²) in [5, 5.41) is 0. The molecule has 0 bridgehead atoms. The minimum Gasteiger partial charge on any atom is -0.493 e. The maximum Gasteiger partial charge on any atom is 0.196 e. The molecule has 0 aromatic heterocycles. The first-order valence-electron chi connectivity index (χ1n) is 6.33. The summed E-state index contributed by atoms with van der Waals surface area (Å²) in [6, 6.07) is 7.67. The Bertz CT molecular complexity index is 708. The molecular formula is C16H12F2O2. The average molecular weight is 274 g/mol.